The van der Waals surface area contributed by atoms with E-state index in [-0.39, 0.29) is 22.9 Å². The number of aromatic nitrogens is 6. The van der Waals surface area contributed by atoms with E-state index in [1.807, 2.05) is 24.3 Å². The van der Waals surface area contributed by atoms with Crippen molar-refractivity contribution in [2.75, 3.05) is 5.32 Å². The van der Waals surface area contributed by atoms with Crippen LogP contribution in [0.2, 0.25) is 0 Å². The summed E-state index contributed by atoms with van der Waals surface area (Å²) in [6, 6.07) is 9.24. The Balaban J connectivity index is 1.44. The molecule has 1 amide bonds. The number of imidazole rings is 1. The van der Waals surface area contributed by atoms with Crippen LogP contribution in [0.3, 0.4) is 0 Å². The highest BCUT2D eigenvalue weighted by Gasteiger charge is 2.29. The molecule has 0 radical (unpaired) electrons. The minimum Gasteiger partial charge on any atom is -0.337 e. The molecule has 1 aromatic carbocycles. The number of pyridine rings is 2. The van der Waals surface area contributed by atoms with Crippen LogP contribution in [-0.2, 0) is 4.79 Å². The topological polar surface area (TPSA) is 112 Å². The number of hydrogen-bond donors (Lipinski definition) is 3. The Labute approximate surface area is 175 Å². The summed E-state index contributed by atoms with van der Waals surface area (Å²) < 4.78 is 15.6. The van der Waals surface area contributed by atoms with Gasteiger partial charge in [-0.3, -0.25) is 19.9 Å². The number of nitrogens with one attached hydrogen (secondary N) is 3. The zero-order valence-corrected chi connectivity index (χ0v) is 16.2. The van der Waals surface area contributed by atoms with Gasteiger partial charge in [0.25, 0.3) is 0 Å². The molecule has 6 rings (SSSR count). The van der Waals surface area contributed by atoms with Crippen molar-refractivity contribution < 1.29 is 9.18 Å². The van der Waals surface area contributed by atoms with Crippen molar-refractivity contribution in [3.8, 4) is 22.8 Å². The highest BCUT2D eigenvalue weighted by molar-refractivity contribution is 5.96. The second kappa shape index (κ2) is 6.69. The summed E-state index contributed by atoms with van der Waals surface area (Å²) in [6.07, 6.45) is 6.39. The maximum absolute atomic E-state index is 15.6. The zero-order chi connectivity index (χ0) is 20.9. The van der Waals surface area contributed by atoms with Gasteiger partial charge in [0, 0.05) is 17.7 Å². The van der Waals surface area contributed by atoms with E-state index in [9.17, 15) is 4.79 Å². The molecule has 0 unspecified atom stereocenters. The molecule has 0 saturated heterocycles. The lowest BCUT2D eigenvalue weighted by atomic mass is 10.1. The third-order valence-corrected chi connectivity index (χ3v) is 5.39. The molecule has 1 aliphatic rings. The van der Waals surface area contributed by atoms with E-state index in [1.54, 1.807) is 6.07 Å². The fourth-order valence-corrected chi connectivity index (χ4v) is 3.64. The molecule has 1 saturated carbocycles. The predicted molar refractivity (Wildman–Crippen MR) is 114 cm³/mol. The number of carbonyl (C=O) groups excluding carboxylic acids is 1. The number of halogens is 1. The lowest BCUT2D eigenvalue weighted by molar-refractivity contribution is -0.117. The van der Waals surface area contributed by atoms with Crippen LogP contribution in [-0.4, -0.2) is 36.0 Å². The molecule has 1 aliphatic carbocycles. The van der Waals surface area contributed by atoms with Crippen LogP contribution in [0.15, 0.2) is 48.9 Å². The first-order chi connectivity index (χ1) is 15.2. The molecule has 0 spiro atoms. The number of anilines is 1. The van der Waals surface area contributed by atoms with Crippen LogP contribution in [0.1, 0.15) is 12.8 Å². The van der Waals surface area contributed by atoms with Crippen LogP contribution < -0.4 is 5.32 Å². The molecule has 0 atom stereocenters. The number of carbonyl (C=O) groups is 1. The monoisotopic (exact) mass is 413 g/mol. The Morgan fingerprint density at radius 1 is 1.10 bits per heavy atom. The van der Waals surface area contributed by atoms with Crippen LogP contribution in [0.5, 0.6) is 0 Å². The van der Waals surface area contributed by atoms with Gasteiger partial charge in [-0.15, -0.1) is 0 Å². The summed E-state index contributed by atoms with van der Waals surface area (Å²) in [7, 11) is 0. The van der Waals surface area contributed by atoms with Crippen LogP contribution >= 0.6 is 0 Å². The summed E-state index contributed by atoms with van der Waals surface area (Å²) in [5.74, 6) is -0.0433. The maximum atomic E-state index is 15.6. The normalized spacial score (nSPS) is 13.7. The standard InChI is InChI=1S/C22H16FN7O/c23-18-17-16(29-30-20(17)21-27-14-3-1-2-4-15(14)28-21)10-25-19(18)12-7-13(9-24-8-12)26-22(31)11-5-6-11/h1-4,7-11H,5-6H2,(H,26,31)(H,27,28)(H,29,30). The van der Waals surface area contributed by atoms with Crippen LogP contribution in [0.4, 0.5) is 10.1 Å². The number of rotatable bonds is 4. The summed E-state index contributed by atoms with van der Waals surface area (Å²) in [5.41, 5.74) is 3.55. The number of nitrogens with zero attached hydrogens (tertiary/aromatic N) is 4. The van der Waals surface area contributed by atoms with Crippen molar-refractivity contribution >= 4 is 33.5 Å². The van der Waals surface area contributed by atoms with Crippen molar-refractivity contribution in [2.45, 2.75) is 12.8 Å². The van der Waals surface area contributed by atoms with Crippen LogP contribution in [0, 0.1) is 11.7 Å². The number of benzene rings is 1. The highest BCUT2D eigenvalue weighted by atomic mass is 19.1. The zero-order valence-electron chi connectivity index (χ0n) is 16.2. The van der Waals surface area contributed by atoms with E-state index >= 15 is 4.39 Å². The smallest absolute Gasteiger partial charge is 0.227 e. The molecular formula is C22H16FN7O. The molecule has 8 nitrogen and oxygen atoms in total. The molecule has 4 aromatic heterocycles. The minimum absolute atomic E-state index is 0.0372. The molecule has 152 valence electrons. The third-order valence-electron chi connectivity index (χ3n) is 5.39. The van der Waals surface area contributed by atoms with Crippen molar-refractivity contribution in [3.63, 3.8) is 0 Å². The van der Waals surface area contributed by atoms with E-state index in [4.69, 9.17) is 0 Å². The molecule has 31 heavy (non-hydrogen) atoms. The van der Waals surface area contributed by atoms with Crippen molar-refractivity contribution in [1.29, 1.82) is 0 Å². The first-order valence-electron chi connectivity index (χ1n) is 9.91. The van der Waals surface area contributed by atoms with Gasteiger partial charge in [-0.05, 0) is 31.0 Å². The van der Waals surface area contributed by atoms with Crippen molar-refractivity contribution in [3.05, 3.63) is 54.7 Å². The molecule has 3 N–H and O–H groups in total. The summed E-state index contributed by atoms with van der Waals surface area (Å²) in [5, 5.41) is 10.2. The van der Waals surface area contributed by atoms with Gasteiger partial charge in [0.1, 0.15) is 11.4 Å². The first kappa shape index (κ1) is 17.7. The fraction of sp³-hybridized carbons (Fsp3) is 0.136. The maximum Gasteiger partial charge on any atom is 0.227 e. The van der Waals surface area contributed by atoms with Crippen LogP contribution in [0.25, 0.3) is 44.7 Å². The second-order valence-corrected chi connectivity index (χ2v) is 7.61. The number of amides is 1. The second-order valence-electron chi connectivity index (χ2n) is 7.61. The molecule has 0 aliphatic heterocycles. The minimum atomic E-state index is -0.533. The average molecular weight is 413 g/mol. The van der Waals surface area contributed by atoms with Gasteiger partial charge < -0.3 is 10.3 Å². The van der Waals surface area contributed by atoms with E-state index in [2.05, 4.69) is 35.5 Å². The Kier molecular flexibility index (Phi) is 3.82. The SMILES string of the molecule is O=C(Nc1cncc(-c2ncc3[nH]nc(-c4nc5ccccc5[nH]4)c3c2F)c1)C1CC1. The van der Waals surface area contributed by atoms with E-state index in [0.717, 1.165) is 23.9 Å². The van der Waals surface area contributed by atoms with Gasteiger partial charge in [0.15, 0.2) is 11.6 Å². The average Bonchev–Trinajstić information content (AvgIpc) is 3.40. The Morgan fingerprint density at radius 3 is 2.81 bits per heavy atom. The van der Waals surface area contributed by atoms with Gasteiger partial charge in [0.05, 0.1) is 40.0 Å². The van der Waals surface area contributed by atoms with Gasteiger partial charge >= 0.3 is 0 Å². The van der Waals surface area contributed by atoms with Crippen molar-refractivity contribution in [2.24, 2.45) is 5.92 Å². The third kappa shape index (κ3) is 3.02. The summed E-state index contributed by atoms with van der Waals surface area (Å²) >= 11 is 0. The van der Waals surface area contributed by atoms with E-state index in [1.165, 1.54) is 18.6 Å². The van der Waals surface area contributed by atoms with Gasteiger partial charge in [-0.1, -0.05) is 12.1 Å². The Bertz CT molecular complexity index is 1430. The first-order valence-corrected chi connectivity index (χ1v) is 9.91. The largest absolute Gasteiger partial charge is 0.337 e. The van der Waals surface area contributed by atoms with Gasteiger partial charge in [-0.2, -0.15) is 5.10 Å². The van der Waals surface area contributed by atoms with Gasteiger partial charge in [-0.25, -0.2) is 9.37 Å². The van der Waals surface area contributed by atoms with E-state index < -0.39 is 5.82 Å². The number of aromatic amines is 2. The van der Waals surface area contributed by atoms with E-state index in [0.29, 0.717) is 28.3 Å². The molecule has 0 bridgehead atoms. The number of para-hydroxylation sites is 2. The summed E-state index contributed by atoms with van der Waals surface area (Å²) in [4.78, 5) is 28.2. The molecule has 5 aromatic rings. The lowest BCUT2D eigenvalue weighted by Crippen LogP contribution is -2.13. The Morgan fingerprint density at radius 2 is 1.97 bits per heavy atom. The molecular weight excluding hydrogens is 397 g/mol. The molecule has 4 heterocycles. The number of fused-ring (bicyclic) bond motifs is 2. The molecule has 1 fully saturated rings. The highest BCUT2D eigenvalue weighted by Crippen LogP contribution is 2.33. The van der Waals surface area contributed by atoms with Crippen molar-refractivity contribution in [1.82, 2.24) is 30.1 Å². The Hall–Kier alpha value is -4.14. The number of hydrogen-bond acceptors (Lipinski definition) is 5. The van der Waals surface area contributed by atoms with Gasteiger partial charge in [0.2, 0.25) is 5.91 Å². The molecule has 9 heteroatoms. The quantitative estimate of drug-likeness (QED) is 0.411. The fourth-order valence-electron chi connectivity index (χ4n) is 3.64. The number of H-pyrrole nitrogens is 2. The predicted octanol–water partition coefficient (Wildman–Crippen LogP) is 4.05. The lowest BCUT2D eigenvalue weighted by Gasteiger charge is -2.07. The summed E-state index contributed by atoms with van der Waals surface area (Å²) in [6.45, 7) is 0.